The first-order valence-electron chi connectivity index (χ1n) is 8.32. The van der Waals surface area contributed by atoms with Gasteiger partial charge in [0.2, 0.25) is 0 Å². The van der Waals surface area contributed by atoms with Crippen LogP contribution >= 0.6 is 0 Å². The van der Waals surface area contributed by atoms with Crippen molar-refractivity contribution in [3.8, 4) is 0 Å². The van der Waals surface area contributed by atoms with Gasteiger partial charge < -0.3 is 15.4 Å². The minimum Gasteiger partial charge on any atom is -0.461 e. The van der Waals surface area contributed by atoms with Gasteiger partial charge in [-0.3, -0.25) is 4.79 Å². The van der Waals surface area contributed by atoms with Gasteiger partial charge in [0.15, 0.2) is 0 Å². The summed E-state index contributed by atoms with van der Waals surface area (Å²) in [5, 5.41) is 6.91. The molecule has 0 bridgehead atoms. The molecule has 1 atom stereocenters. The summed E-state index contributed by atoms with van der Waals surface area (Å²) in [4.78, 5) is 12.4. The predicted molar refractivity (Wildman–Crippen MR) is 80.6 cm³/mol. The number of carbonyl (C=O) groups is 1. The minimum absolute atomic E-state index is 0.0240. The quantitative estimate of drug-likeness (QED) is 0.734. The standard InChI is InChI=1S/C16H30N2O2/c1-12(2)11-15(18-13-7-9-17-10-8-13)16(19)20-14-5-3-4-6-14/h12-15,17-18H,3-11H2,1-2H3. The largest absolute Gasteiger partial charge is 0.461 e. The monoisotopic (exact) mass is 282 g/mol. The number of esters is 1. The number of nitrogens with one attached hydrogen (secondary N) is 2. The van der Waals surface area contributed by atoms with Gasteiger partial charge in [0.05, 0.1) is 0 Å². The molecule has 1 saturated carbocycles. The third-order valence-electron chi connectivity index (χ3n) is 4.35. The first-order valence-corrected chi connectivity index (χ1v) is 8.32. The van der Waals surface area contributed by atoms with Gasteiger partial charge in [0.1, 0.15) is 12.1 Å². The Kier molecular flexibility index (Phi) is 6.30. The highest BCUT2D eigenvalue weighted by Crippen LogP contribution is 2.22. The topological polar surface area (TPSA) is 50.4 Å². The van der Waals surface area contributed by atoms with Crippen molar-refractivity contribution in [3.63, 3.8) is 0 Å². The van der Waals surface area contributed by atoms with Crippen LogP contribution in [0.5, 0.6) is 0 Å². The van der Waals surface area contributed by atoms with Crippen LogP contribution in [-0.2, 0) is 9.53 Å². The highest BCUT2D eigenvalue weighted by molar-refractivity contribution is 5.76. The van der Waals surface area contributed by atoms with E-state index in [0.29, 0.717) is 12.0 Å². The van der Waals surface area contributed by atoms with Crippen molar-refractivity contribution < 1.29 is 9.53 Å². The first-order chi connectivity index (χ1) is 9.65. The van der Waals surface area contributed by atoms with E-state index in [9.17, 15) is 4.79 Å². The third-order valence-corrected chi connectivity index (χ3v) is 4.35. The average molecular weight is 282 g/mol. The molecular weight excluding hydrogens is 252 g/mol. The van der Waals surface area contributed by atoms with E-state index in [4.69, 9.17) is 4.74 Å². The summed E-state index contributed by atoms with van der Waals surface area (Å²) in [5.74, 6) is 0.481. The van der Waals surface area contributed by atoms with Crippen molar-refractivity contribution in [2.24, 2.45) is 5.92 Å². The molecular formula is C16H30N2O2. The molecule has 20 heavy (non-hydrogen) atoms. The van der Waals surface area contributed by atoms with E-state index in [1.54, 1.807) is 0 Å². The fourth-order valence-electron chi connectivity index (χ4n) is 3.23. The summed E-state index contributed by atoms with van der Waals surface area (Å²) in [6.07, 6.45) is 7.75. The molecule has 2 aliphatic rings. The van der Waals surface area contributed by atoms with Crippen LogP contribution in [0.3, 0.4) is 0 Å². The van der Waals surface area contributed by atoms with E-state index in [0.717, 1.165) is 45.2 Å². The lowest BCUT2D eigenvalue weighted by molar-refractivity contribution is -0.152. The predicted octanol–water partition coefficient (Wildman–Crippen LogP) is 2.23. The molecule has 4 nitrogen and oxygen atoms in total. The normalized spacial score (nSPS) is 23.1. The number of carbonyl (C=O) groups excluding carboxylic acids is 1. The lowest BCUT2D eigenvalue weighted by atomic mass is 10.00. The van der Waals surface area contributed by atoms with Gasteiger partial charge in [-0.2, -0.15) is 0 Å². The van der Waals surface area contributed by atoms with Gasteiger partial charge in [-0.25, -0.2) is 0 Å². The maximum atomic E-state index is 12.4. The van der Waals surface area contributed by atoms with Crippen LogP contribution in [0.1, 0.15) is 58.8 Å². The molecule has 0 aromatic carbocycles. The van der Waals surface area contributed by atoms with Crippen LogP contribution in [0.25, 0.3) is 0 Å². The zero-order valence-electron chi connectivity index (χ0n) is 13.0. The molecule has 2 N–H and O–H groups in total. The van der Waals surface area contributed by atoms with Crippen LogP contribution in [-0.4, -0.2) is 37.2 Å². The number of piperidine rings is 1. The van der Waals surface area contributed by atoms with E-state index >= 15 is 0 Å². The SMILES string of the molecule is CC(C)CC(NC1CCNCC1)C(=O)OC1CCCC1. The van der Waals surface area contributed by atoms with Crippen LogP contribution in [0, 0.1) is 5.92 Å². The summed E-state index contributed by atoms with van der Waals surface area (Å²) in [5.41, 5.74) is 0. The molecule has 2 rings (SSSR count). The number of rotatable bonds is 6. The molecule has 1 heterocycles. The molecule has 1 saturated heterocycles. The molecule has 2 fully saturated rings. The fraction of sp³-hybridized carbons (Fsp3) is 0.938. The summed E-state index contributed by atoms with van der Waals surface area (Å²) in [6.45, 7) is 6.42. The molecule has 1 aliphatic heterocycles. The Hall–Kier alpha value is -0.610. The molecule has 0 aromatic rings. The van der Waals surface area contributed by atoms with E-state index < -0.39 is 0 Å². The van der Waals surface area contributed by atoms with Gasteiger partial charge in [-0.15, -0.1) is 0 Å². The Labute approximate surface area is 123 Å². The van der Waals surface area contributed by atoms with Crippen molar-refractivity contribution >= 4 is 5.97 Å². The maximum absolute atomic E-state index is 12.4. The smallest absolute Gasteiger partial charge is 0.323 e. The van der Waals surface area contributed by atoms with Gasteiger partial charge in [0.25, 0.3) is 0 Å². The maximum Gasteiger partial charge on any atom is 0.323 e. The van der Waals surface area contributed by atoms with Crippen LogP contribution in [0.15, 0.2) is 0 Å². The number of hydrogen-bond acceptors (Lipinski definition) is 4. The Morgan fingerprint density at radius 2 is 1.85 bits per heavy atom. The molecule has 0 amide bonds. The van der Waals surface area contributed by atoms with Crippen molar-refractivity contribution in [2.45, 2.75) is 77.0 Å². The number of ether oxygens (including phenoxy) is 1. The molecule has 1 unspecified atom stereocenters. The van der Waals surface area contributed by atoms with Gasteiger partial charge in [0, 0.05) is 6.04 Å². The molecule has 116 valence electrons. The second-order valence-electron chi connectivity index (χ2n) is 6.72. The molecule has 0 radical (unpaired) electrons. The van der Waals surface area contributed by atoms with Crippen LogP contribution in [0.2, 0.25) is 0 Å². The number of hydrogen-bond donors (Lipinski definition) is 2. The van der Waals surface area contributed by atoms with Gasteiger partial charge in [-0.1, -0.05) is 13.8 Å². The third kappa shape index (κ3) is 5.06. The Morgan fingerprint density at radius 3 is 2.45 bits per heavy atom. The molecule has 4 heteroatoms. The Balaban J connectivity index is 1.85. The second kappa shape index (κ2) is 7.99. The summed E-state index contributed by atoms with van der Waals surface area (Å²) in [7, 11) is 0. The zero-order chi connectivity index (χ0) is 14.4. The van der Waals surface area contributed by atoms with Crippen molar-refractivity contribution in [1.29, 1.82) is 0 Å². The summed E-state index contributed by atoms with van der Waals surface area (Å²) >= 11 is 0. The lowest BCUT2D eigenvalue weighted by Crippen LogP contribution is -2.49. The first kappa shape index (κ1) is 15.8. The van der Waals surface area contributed by atoms with Crippen LogP contribution < -0.4 is 10.6 Å². The van der Waals surface area contributed by atoms with E-state index in [-0.39, 0.29) is 18.1 Å². The highest BCUT2D eigenvalue weighted by Gasteiger charge is 2.28. The van der Waals surface area contributed by atoms with Gasteiger partial charge >= 0.3 is 5.97 Å². The van der Waals surface area contributed by atoms with E-state index in [2.05, 4.69) is 24.5 Å². The fourth-order valence-corrected chi connectivity index (χ4v) is 3.23. The van der Waals surface area contributed by atoms with Crippen molar-refractivity contribution in [1.82, 2.24) is 10.6 Å². The highest BCUT2D eigenvalue weighted by atomic mass is 16.5. The molecule has 0 aromatic heterocycles. The Bertz CT molecular complexity index is 295. The van der Waals surface area contributed by atoms with Crippen LogP contribution in [0.4, 0.5) is 0 Å². The minimum atomic E-state index is -0.126. The lowest BCUT2D eigenvalue weighted by Gasteiger charge is -2.29. The molecule has 1 aliphatic carbocycles. The average Bonchev–Trinajstić information content (AvgIpc) is 2.91. The van der Waals surface area contributed by atoms with Gasteiger partial charge in [-0.05, 0) is 64.0 Å². The van der Waals surface area contributed by atoms with Crippen molar-refractivity contribution in [3.05, 3.63) is 0 Å². The van der Waals surface area contributed by atoms with E-state index in [1.165, 1.54) is 12.8 Å². The second-order valence-corrected chi connectivity index (χ2v) is 6.72. The van der Waals surface area contributed by atoms with E-state index in [1.807, 2.05) is 0 Å². The van der Waals surface area contributed by atoms with Crippen molar-refractivity contribution in [2.75, 3.05) is 13.1 Å². The summed E-state index contributed by atoms with van der Waals surface area (Å²) < 4.78 is 5.70. The Morgan fingerprint density at radius 1 is 1.20 bits per heavy atom. The zero-order valence-corrected chi connectivity index (χ0v) is 13.0. The summed E-state index contributed by atoms with van der Waals surface area (Å²) in [6, 6.07) is 0.329. The molecule has 0 spiro atoms.